The van der Waals surface area contributed by atoms with Crippen molar-refractivity contribution in [3.8, 4) is 0 Å². The van der Waals surface area contributed by atoms with E-state index in [9.17, 15) is 0 Å². The molecule has 1 rings (SSSR count). The quantitative estimate of drug-likeness (QED) is 0.788. The van der Waals surface area contributed by atoms with Crippen molar-refractivity contribution in [1.82, 2.24) is 4.90 Å². The predicted molar refractivity (Wildman–Crippen MR) is 59.2 cm³/mol. The Morgan fingerprint density at radius 1 is 1.43 bits per heavy atom. The van der Waals surface area contributed by atoms with Crippen molar-refractivity contribution in [3.63, 3.8) is 0 Å². The largest absolute Gasteiger partial charge is 0.395 e. The summed E-state index contributed by atoms with van der Waals surface area (Å²) in [5, 5.41) is 9.00. The van der Waals surface area contributed by atoms with Crippen LogP contribution in [0.3, 0.4) is 0 Å². The first-order valence-corrected chi connectivity index (χ1v) is 5.00. The van der Waals surface area contributed by atoms with Crippen LogP contribution in [0.25, 0.3) is 0 Å². The van der Waals surface area contributed by atoms with Crippen molar-refractivity contribution in [1.29, 1.82) is 0 Å². The summed E-state index contributed by atoms with van der Waals surface area (Å²) in [6, 6.07) is 8.69. The zero-order chi connectivity index (χ0) is 10.6. The van der Waals surface area contributed by atoms with E-state index in [0.29, 0.717) is 0 Å². The maximum atomic E-state index is 9.00. The van der Waals surface area contributed by atoms with Crippen molar-refractivity contribution in [2.75, 3.05) is 13.7 Å². The molecule has 1 atom stereocenters. The molecule has 0 aliphatic carbocycles. The van der Waals surface area contributed by atoms with Gasteiger partial charge in [-0.15, -0.1) is 0 Å². The van der Waals surface area contributed by atoms with Crippen molar-refractivity contribution in [2.24, 2.45) is 0 Å². The monoisotopic (exact) mass is 193 g/mol. The van der Waals surface area contributed by atoms with Gasteiger partial charge in [0.25, 0.3) is 0 Å². The van der Waals surface area contributed by atoms with Crippen molar-refractivity contribution < 1.29 is 5.11 Å². The third kappa shape index (κ3) is 3.13. The minimum Gasteiger partial charge on any atom is -0.395 e. The van der Waals surface area contributed by atoms with Crippen LogP contribution in [0.4, 0.5) is 0 Å². The van der Waals surface area contributed by atoms with Crippen molar-refractivity contribution in [2.45, 2.75) is 26.4 Å². The zero-order valence-corrected chi connectivity index (χ0v) is 9.20. The Hall–Kier alpha value is -0.860. The summed E-state index contributed by atoms with van der Waals surface area (Å²) in [7, 11) is 2.03. The molecule has 0 saturated carbocycles. The van der Waals surface area contributed by atoms with E-state index in [2.05, 4.69) is 36.1 Å². The van der Waals surface area contributed by atoms with Gasteiger partial charge in [0, 0.05) is 12.6 Å². The molecule has 14 heavy (non-hydrogen) atoms. The molecule has 0 bridgehead atoms. The second-order valence-electron chi connectivity index (χ2n) is 3.94. The summed E-state index contributed by atoms with van der Waals surface area (Å²) >= 11 is 0. The van der Waals surface area contributed by atoms with E-state index in [0.717, 1.165) is 6.54 Å². The fraction of sp³-hybridized carbons (Fsp3) is 0.500. The Morgan fingerprint density at radius 3 is 2.71 bits per heavy atom. The van der Waals surface area contributed by atoms with Gasteiger partial charge in [-0.3, -0.25) is 4.90 Å². The number of aryl methyl sites for hydroxylation is 1. The number of rotatable bonds is 4. The molecule has 0 amide bonds. The average Bonchev–Trinajstić information content (AvgIpc) is 2.16. The SMILES string of the molecule is Cc1cccc(CN(C)[C@@H](C)CO)c1. The van der Waals surface area contributed by atoms with E-state index in [-0.39, 0.29) is 12.6 Å². The molecule has 0 saturated heterocycles. The van der Waals surface area contributed by atoms with Gasteiger partial charge >= 0.3 is 0 Å². The molecule has 0 aliphatic heterocycles. The first-order chi connectivity index (χ1) is 6.63. The summed E-state index contributed by atoms with van der Waals surface area (Å²) in [6.07, 6.45) is 0. The Morgan fingerprint density at radius 2 is 2.14 bits per heavy atom. The number of aliphatic hydroxyl groups is 1. The highest BCUT2D eigenvalue weighted by atomic mass is 16.3. The summed E-state index contributed by atoms with van der Waals surface area (Å²) in [5.41, 5.74) is 2.58. The van der Waals surface area contributed by atoms with Crippen LogP contribution in [0.15, 0.2) is 24.3 Å². The van der Waals surface area contributed by atoms with Crippen molar-refractivity contribution >= 4 is 0 Å². The molecule has 1 N–H and O–H groups in total. The first-order valence-electron chi connectivity index (χ1n) is 5.00. The van der Waals surface area contributed by atoms with Gasteiger partial charge in [-0.05, 0) is 26.5 Å². The second kappa shape index (κ2) is 5.13. The molecule has 0 heterocycles. The van der Waals surface area contributed by atoms with Crippen LogP contribution in [0.5, 0.6) is 0 Å². The molecule has 2 heteroatoms. The molecular weight excluding hydrogens is 174 g/mol. The van der Waals surface area contributed by atoms with Crippen LogP contribution in [0.1, 0.15) is 18.1 Å². The lowest BCUT2D eigenvalue weighted by Crippen LogP contribution is -2.31. The Labute approximate surface area is 86.2 Å². The maximum absolute atomic E-state index is 9.00. The number of nitrogens with zero attached hydrogens (tertiary/aromatic N) is 1. The lowest BCUT2D eigenvalue weighted by atomic mass is 10.1. The van der Waals surface area contributed by atoms with Gasteiger partial charge in [0.2, 0.25) is 0 Å². The van der Waals surface area contributed by atoms with E-state index in [1.165, 1.54) is 11.1 Å². The standard InChI is InChI=1S/C12H19NO/c1-10-5-4-6-12(7-10)8-13(3)11(2)9-14/h4-7,11,14H,8-9H2,1-3H3/t11-/m0/s1. The predicted octanol–water partition coefficient (Wildman–Crippen LogP) is 1.81. The zero-order valence-electron chi connectivity index (χ0n) is 9.20. The molecule has 1 aromatic rings. The minimum atomic E-state index is 0.211. The molecule has 0 spiro atoms. The van der Waals surface area contributed by atoms with Gasteiger partial charge < -0.3 is 5.11 Å². The molecular formula is C12H19NO. The normalized spacial score (nSPS) is 13.2. The van der Waals surface area contributed by atoms with E-state index in [1.54, 1.807) is 0 Å². The Balaban J connectivity index is 2.60. The number of aliphatic hydroxyl groups excluding tert-OH is 1. The van der Waals surface area contributed by atoms with Gasteiger partial charge in [0.15, 0.2) is 0 Å². The van der Waals surface area contributed by atoms with Crippen LogP contribution >= 0.6 is 0 Å². The summed E-state index contributed by atoms with van der Waals surface area (Å²) in [6.45, 7) is 5.22. The van der Waals surface area contributed by atoms with Crippen LogP contribution in [0.2, 0.25) is 0 Å². The molecule has 0 radical (unpaired) electrons. The summed E-state index contributed by atoms with van der Waals surface area (Å²) in [4.78, 5) is 2.15. The third-order valence-corrected chi connectivity index (χ3v) is 2.53. The molecule has 2 nitrogen and oxygen atoms in total. The fourth-order valence-corrected chi connectivity index (χ4v) is 1.39. The molecule has 0 fully saturated rings. The van der Waals surface area contributed by atoms with Gasteiger partial charge in [-0.1, -0.05) is 29.8 Å². The van der Waals surface area contributed by atoms with Gasteiger partial charge in [0.05, 0.1) is 6.61 Å². The first kappa shape index (κ1) is 11.2. The molecule has 0 unspecified atom stereocenters. The topological polar surface area (TPSA) is 23.5 Å². The van der Waals surface area contributed by atoms with E-state index in [4.69, 9.17) is 5.11 Å². The number of hydrogen-bond acceptors (Lipinski definition) is 2. The van der Waals surface area contributed by atoms with E-state index < -0.39 is 0 Å². The lowest BCUT2D eigenvalue weighted by Gasteiger charge is -2.22. The molecule has 1 aromatic carbocycles. The number of likely N-dealkylation sites (N-methyl/N-ethyl adjacent to an activating group) is 1. The van der Waals surface area contributed by atoms with E-state index >= 15 is 0 Å². The molecule has 0 aromatic heterocycles. The number of benzene rings is 1. The van der Waals surface area contributed by atoms with Gasteiger partial charge in [0.1, 0.15) is 0 Å². The molecule has 0 aliphatic rings. The third-order valence-electron chi connectivity index (χ3n) is 2.53. The van der Waals surface area contributed by atoms with Crippen molar-refractivity contribution in [3.05, 3.63) is 35.4 Å². The summed E-state index contributed by atoms with van der Waals surface area (Å²) in [5.74, 6) is 0. The highest BCUT2D eigenvalue weighted by molar-refractivity contribution is 5.22. The number of hydrogen-bond donors (Lipinski definition) is 1. The van der Waals surface area contributed by atoms with Gasteiger partial charge in [-0.25, -0.2) is 0 Å². The van der Waals surface area contributed by atoms with Crippen LogP contribution in [-0.4, -0.2) is 29.7 Å². The van der Waals surface area contributed by atoms with Gasteiger partial charge in [-0.2, -0.15) is 0 Å². The summed E-state index contributed by atoms with van der Waals surface area (Å²) < 4.78 is 0. The smallest absolute Gasteiger partial charge is 0.0584 e. The lowest BCUT2D eigenvalue weighted by molar-refractivity contribution is 0.154. The minimum absolute atomic E-state index is 0.211. The molecule has 78 valence electrons. The Kier molecular flexibility index (Phi) is 4.11. The highest BCUT2D eigenvalue weighted by Crippen LogP contribution is 2.08. The van der Waals surface area contributed by atoms with Crippen LogP contribution in [-0.2, 0) is 6.54 Å². The maximum Gasteiger partial charge on any atom is 0.0584 e. The Bertz CT molecular complexity index is 285. The van der Waals surface area contributed by atoms with E-state index in [1.807, 2.05) is 14.0 Å². The van der Waals surface area contributed by atoms with Crippen LogP contribution < -0.4 is 0 Å². The second-order valence-corrected chi connectivity index (χ2v) is 3.94. The van der Waals surface area contributed by atoms with Crippen LogP contribution in [0, 0.1) is 6.92 Å². The fourth-order valence-electron chi connectivity index (χ4n) is 1.39. The highest BCUT2D eigenvalue weighted by Gasteiger charge is 2.07. The average molecular weight is 193 g/mol.